The predicted octanol–water partition coefficient (Wildman–Crippen LogP) is 2.50. The Morgan fingerprint density at radius 3 is 2.67 bits per heavy atom. The van der Waals surface area contributed by atoms with Gasteiger partial charge in [0, 0.05) is 0 Å². The van der Waals surface area contributed by atoms with Crippen molar-refractivity contribution in [2.24, 2.45) is 10.3 Å². The summed E-state index contributed by atoms with van der Waals surface area (Å²) in [7, 11) is 0. The first-order valence-electron chi connectivity index (χ1n) is 6.06. The molecule has 96 valence electrons. The number of nitrogens with zero attached hydrogens (tertiary/aromatic N) is 3. The van der Waals surface area contributed by atoms with Crippen LogP contribution in [0.15, 0.2) is 34.6 Å². The number of aryl methyl sites for hydroxylation is 1. The zero-order valence-corrected chi connectivity index (χ0v) is 10.8. The quantitative estimate of drug-likeness (QED) is 0.771. The van der Waals surface area contributed by atoms with Crippen LogP contribution in [-0.4, -0.2) is 24.7 Å². The molecule has 1 aromatic rings. The molecule has 18 heavy (non-hydrogen) atoms. The summed E-state index contributed by atoms with van der Waals surface area (Å²) >= 11 is 0. The molecule has 2 unspecified atom stereocenters. The Kier molecular flexibility index (Phi) is 3.60. The summed E-state index contributed by atoms with van der Waals surface area (Å²) in [6.45, 7) is 6.09. The van der Waals surface area contributed by atoms with Gasteiger partial charge >= 0.3 is 5.97 Å². The van der Waals surface area contributed by atoms with E-state index in [0.29, 0.717) is 6.61 Å². The molecule has 0 amide bonds. The second-order valence-corrected chi connectivity index (χ2v) is 4.32. The van der Waals surface area contributed by atoms with E-state index in [2.05, 4.69) is 10.3 Å². The second-order valence-electron chi connectivity index (χ2n) is 4.32. The van der Waals surface area contributed by atoms with E-state index in [1.165, 1.54) is 5.56 Å². The average Bonchev–Trinajstić information content (AvgIpc) is 2.73. The van der Waals surface area contributed by atoms with Gasteiger partial charge in [0.15, 0.2) is 6.04 Å². The Morgan fingerprint density at radius 1 is 1.39 bits per heavy atom. The average molecular weight is 247 g/mol. The second kappa shape index (κ2) is 5.16. The molecule has 0 aliphatic carbocycles. The van der Waals surface area contributed by atoms with E-state index in [1.54, 1.807) is 11.9 Å². The van der Waals surface area contributed by atoms with Crippen molar-refractivity contribution in [3.8, 4) is 0 Å². The lowest BCUT2D eigenvalue weighted by Gasteiger charge is -2.21. The van der Waals surface area contributed by atoms with Crippen molar-refractivity contribution in [1.82, 2.24) is 0 Å². The van der Waals surface area contributed by atoms with Crippen molar-refractivity contribution in [1.29, 1.82) is 0 Å². The van der Waals surface area contributed by atoms with Gasteiger partial charge in [0.2, 0.25) is 0 Å². The van der Waals surface area contributed by atoms with Crippen LogP contribution in [0.4, 0.5) is 5.69 Å². The fourth-order valence-corrected chi connectivity index (χ4v) is 1.88. The monoisotopic (exact) mass is 247 g/mol. The summed E-state index contributed by atoms with van der Waals surface area (Å²) in [5.74, 6) is -0.316. The number of carbonyl (C=O) groups is 1. The zero-order valence-electron chi connectivity index (χ0n) is 10.8. The molecule has 2 atom stereocenters. The molecule has 0 spiro atoms. The number of esters is 1. The van der Waals surface area contributed by atoms with E-state index in [1.807, 2.05) is 38.1 Å². The van der Waals surface area contributed by atoms with Crippen LogP contribution in [0.5, 0.6) is 0 Å². The highest BCUT2D eigenvalue weighted by atomic mass is 16.5. The minimum atomic E-state index is -0.536. The van der Waals surface area contributed by atoms with Crippen LogP contribution in [-0.2, 0) is 9.53 Å². The first-order chi connectivity index (χ1) is 8.63. The van der Waals surface area contributed by atoms with Crippen LogP contribution in [0.3, 0.4) is 0 Å². The summed E-state index contributed by atoms with van der Waals surface area (Å²) in [5, 5.41) is 9.80. The Labute approximate surface area is 106 Å². The molecule has 1 aliphatic rings. The molecular weight excluding hydrogens is 230 g/mol. The van der Waals surface area contributed by atoms with E-state index < -0.39 is 6.04 Å². The zero-order chi connectivity index (χ0) is 13.1. The standard InChI is InChI=1S/C13H17N3O2/c1-4-18-13(17)12-10(3)16(15-14-12)11-7-5-9(2)6-8-11/h5-8,10,12H,4H2,1-3H3. The van der Waals surface area contributed by atoms with Crippen LogP contribution in [0.1, 0.15) is 19.4 Å². The molecule has 2 rings (SSSR count). The smallest absolute Gasteiger partial charge is 0.335 e. The number of benzene rings is 1. The normalized spacial score (nSPS) is 22.3. The Hall–Kier alpha value is -1.91. The number of anilines is 1. The van der Waals surface area contributed by atoms with Gasteiger partial charge in [0.05, 0.1) is 18.3 Å². The van der Waals surface area contributed by atoms with Crippen molar-refractivity contribution >= 4 is 11.7 Å². The predicted molar refractivity (Wildman–Crippen MR) is 68.4 cm³/mol. The molecule has 5 nitrogen and oxygen atoms in total. The van der Waals surface area contributed by atoms with Gasteiger partial charge in [-0.2, -0.15) is 5.11 Å². The third kappa shape index (κ3) is 2.34. The minimum absolute atomic E-state index is 0.119. The molecule has 0 saturated heterocycles. The largest absolute Gasteiger partial charge is 0.464 e. The number of carbonyl (C=O) groups excluding carboxylic acids is 1. The van der Waals surface area contributed by atoms with Gasteiger partial charge in [-0.05, 0) is 32.9 Å². The third-order valence-electron chi connectivity index (χ3n) is 2.94. The van der Waals surface area contributed by atoms with Gasteiger partial charge < -0.3 is 4.74 Å². The van der Waals surface area contributed by atoms with E-state index in [9.17, 15) is 4.79 Å². The lowest BCUT2D eigenvalue weighted by Crippen LogP contribution is -2.37. The maximum atomic E-state index is 11.7. The Balaban J connectivity index is 2.12. The summed E-state index contributed by atoms with van der Waals surface area (Å²) < 4.78 is 4.98. The number of hydrogen-bond acceptors (Lipinski definition) is 5. The molecule has 1 aromatic carbocycles. The molecule has 0 N–H and O–H groups in total. The lowest BCUT2D eigenvalue weighted by atomic mass is 10.1. The molecule has 1 heterocycles. The maximum absolute atomic E-state index is 11.7. The molecule has 1 aliphatic heterocycles. The third-order valence-corrected chi connectivity index (χ3v) is 2.94. The van der Waals surface area contributed by atoms with Gasteiger partial charge in [0.25, 0.3) is 0 Å². The van der Waals surface area contributed by atoms with Gasteiger partial charge in [-0.3, -0.25) is 0 Å². The minimum Gasteiger partial charge on any atom is -0.464 e. The molecule has 0 bridgehead atoms. The highest BCUT2D eigenvalue weighted by molar-refractivity contribution is 5.78. The van der Waals surface area contributed by atoms with Crippen LogP contribution in [0.2, 0.25) is 0 Å². The van der Waals surface area contributed by atoms with Gasteiger partial charge in [0.1, 0.15) is 0 Å². The number of rotatable bonds is 3. The first-order valence-corrected chi connectivity index (χ1v) is 6.06. The first kappa shape index (κ1) is 12.5. The fraction of sp³-hybridized carbons (Fsp3) is 0.462. The number of ether oxygens (including phenoxy) is 1. The van der Waals surface area contributed by atoms with Crippen LogP contribution in [0.25, 0.3) is 0 Å². The number of hydrogen-bond donors (Lipinski definition) is 0. The Morgan fingerprint density at radius 2 is 2.06 bits per heavy atom. The molecule has 5 heteroatoms. The van der Waals surface area contributed by atoms with Crippen molar-refractivity contribution in [3.05, 3.63) is 29.8 Å². The molecule has 0 saturated carbocycles. The fourth-order valence-electron chi connectivity index (χ4n) is 1.88. The van der Waals surface area contributed by atoms with Gasteiger partial charge in [-0.15, -0.1) is 0 Å². The Bertz CT molecular complexity index is 456. The van der Waals surface area contributed by atoms with Crippen LogP contribution >= 0.6 is 0 Å². The van der Waals surface area contributed by atoms with Crippen molar-refractivity contribution in [3.63, 3.8) is 0 Å². The van der Waals surface area contributed by atoms with Gasteiger partial charge in [-0.1, -0.05) is 22.9 Å². The van der Waals surface area contributed by atoms with E-state index >= 15 is 0 Å². The van der Waals surface area contributed by atoms with E-state index in [-0.39, 0.29) is 12.0 Å². The molecule has 0 aromatic heterocycles. The summed E-state index contributed by atoms with van der Waals surface area (Å²) in [6, 6.07) is 7.31. The molecule has 0 fully saturated rings. The van der Waals surface area contributed by atoms with Crippen molar-refractivity contribution in [2.45, 2.75) is 32.9 Å². The lowest BCUT2D eigenvalue weighted by molar-refractivity contribution is -0.144. The maximum Gasteiger partial charge on any atom is 0.335 e. The van der Waals surface area contributed by atoms with E-state index in [4.69, 9.17) is 4.74 Å². The highest BCUT2D eigenvalue weighted by Gasteiger charge is 2.36. The summed E-state index contributed by atoms with van der Waals surface area (Å²) in [5.41, 5.74) is 2.12. The SMILES string of the molecule is CCOC(=O)C1N=NN(c2ccc(C)cc2)C1C. The molecular formula is C13H17N3O2. The summed E-state index contributed by atoms with van der Waals surface area (Å²) in [4.78, 5) is 11.7. The van der Waals surface area contributed by atoms with Crippen LogP contribution in [0, 0.1) is 6.92 Å². The highest BCUT2D eigenvalue weighted by Crippen LogP contribution is 2.26. The van der Waals surface area contributed by atoms with Crippen LogP contribution < -0.4 is 5.01 Å². The summed E-state index contributed by atoms with van der Waals surface area (Å²) in [6.07, 6.45) is 0. The van der Waals surface area contributed by atoms with Crippen molar-refractivity contribution < 1.29 is 9.53 Å². The molecule has 0 radical (unpaired) electrons. The van der Waals surface area contributed by atoms with Crippen molar-refractivity contribution in [2.75, 3.05) is 11.6 Å². The van der Waals surface area contributed by atoms with Gasteiger partial charge in [-0.25, -0.2) is 9.80 Å². The topological polar surface area (TPSA) is 54.3 Å². The van der Waals surface area contributed by atoms with E-state index in [0.717, 1.165) is 5.69 Å².